The van der Waals surface area contributed by atoms with E-state index in [0.717, 1.165) is 6.42 Å². The number of aliphatic hydroxyl groups is 1. The Morgan fingerprint density at radius 1 is 0.889 bits per heavy atom. The van der Waals surface area contributed by atoms with Crippen LogP contribution in [0, 0.1) is 5.92 Å². The van der Waals surface area contributed by atoms with Crippen molar-refractivity contribution in [1.82, 2.24) is 0 Å². The van der Waals surface area contributed by atoms with E-state index in [1.54, 1.807) is 0 Å². The summed E-state index contributed by atoms with van der Waals surface area (Å²) in [5, 5.41) is 9.44. The highest BCUT2D eigenvalue weighted by molar-refractivity contribution is 5.24. The molecule has 2 aromatic carbocycles. The molecule has 1 heteroatoms. The molecule has 0 bridgehead atoms. The monoisotopic (exact) mass is 240 g/mol. The molecule has 2 atom stereocenters. The predicted octanol–water partition coefficient (Wildman–Crippen LogP) is 3.64. The van der Waals surface area contributed by atoms with Gasteiger partial charge in [0.25, 0.3) is 0 Å². The third-order valence-electron chi connectivity index (χ3n) is 3.50. The Hall–Kier alpha value is -1.60. The van der Waals surface area contributed by atoms with Crippen LogP contribution in [0.3, 0.4) is 0 Å². The molecule has 94 valence electrons. The van der Waals surface area contributed by atoms with Crippen molar-refractivity contribution in [2.45, 2.75) is 19.3 Å². The fourth-order valence-corrected chi connectivity index (χ4v) is 2.34. The summed E-state index contributed by atoms with van der Waals surface area (Å²) in [5.74, 6) is 0.645. The van der Waals surface area contributed by atoms with Crippen molar-refractivity contribution in [3.63, 3.8) is 0 Å². The fourth-order valence-electron chi connectivity index (χ4n) is 2.34. The molecule has 2 rings (SSSR count). The lowest BCUT2D eigenvalue weighted by Crippen LogP contribution is -2.16. The maximum absolute atomic E-state index is 9.44. The molecule has 0 aromatic heterocycles. The van der Waals surface area contributed by atoms with E-state index in [1.165, 1.54) is 11.1 Å². The number of benzene rings is 2. The summed E-state index contributed by atoms with van der Waals surface area (Å²) < 4.78 is 0. The van der Waals surface area contributed by atoms with Crippen molar-refractivity contribution < 1.29 is 5.11 Å². The zero-order valence-electron chi connectivity index (χ0n) is 10.8. The van der Waals surface area contributed by atoms with Gasteiger partial charge in [-0.1, -0.05) is 67.6 Å². The summed E-state index contributed by atoms with van der Waals surface area (Å²) in [6.07, 6.45) is 0.979. The molecule has 0 aliphatic carbocycles. The SMILES string of the molecule is C[C@H](CO)[C@H](Cc1ccccc1)c1ccccc1. The van der Waals surface area contributed by atoms with E-state index in [4.69, 9.17) is 0 Å². The molecule has 0 fully saturated rings. The lowest BCUT2D eigenvalue weighted by molar-refractivity contribution is 0.215. The smallest absolute Gasteiger partial charge is 0.0462 e. The zero-order chi connectivity index (χ0) is 12.8. The molecular formula is C17H20O. The third kappa shape index (κ3) is 3.21. The van der Waals surface area contributed by atoms with Gasteiger partial charge in [-0.05, 0) is 29.4 Å². The Kier molecular flexibility index (Phi) is 4.54. The third-order valence-corrected chi connectivity index (χ3v) is 3.50. The van der Waals surface area contributed by atoms with Gasteiger partial charge in [0.2, 0.25) is 0 Å². The van der Waals surface area contributed by atoms with Crippen molar-refractivity contribution in [1.29, 1.82) is 0 Å². The van der Waals surface area contributed by atoms with Crippen LogP contribution in [-0.4, -0.2) is 11.7 Å². The normalized spacial score (nSPS) is 14.1. The van der Waals surface area contributed by atoms with Crippen LogP contribution in [-0.2, 0) is 6.42 Å². The summed E-state index contributed by atoms with van der Waals surface area (Å²) in [4.78, 5) is 0. The number of aliphatic hydroxyl groups excluding tert-OH is 1. The predicted molar refractivity (Wildman–Crippen MR) is 75.6 cm³/mol. The van der Waals surface area contributed by atoms with Crippen LogP contribution >= 0.6 is 0 Å². The standard InChI is InChI=1S/C17H20O/c1-14(13-18)17(16-10-6-3-7-11-16)12-15-8-4-2-5-9-15/h2-11,14,17-18H,12-13H2,1H3/t14-,17+/m1/s1. The van der Waals surface area contributed by atoms with Gasteiger partial charge in [-0.25, -0.2) is 0 Å². The first-order valence-electron chi connectivity index (χ1n) is 6.51. The molecule has 0 heterocycles. The number of hydrogen-bond donors (Lipinski definition) is 1. The van der Waals surface area contributed by atoms with Crippen molar-refractivity contribution in [2.24, 2.45) is 5.92 Å². The van der Waals surface area contributed by atoms with Crippen LogP contribution in [0.15, 0.2) is 60.7 Å². The minimum atomic E-state index is 0.229. The lowest BCUT2D eigenvalue weighted by Gasteiger charge is -2.23. The largest absolute Gasteiger partial charge is 0.396 e. The van der Waals surface area contributed by atoms with Crippen molar-refractivity contribution >= 4 is 0 Å². The Labute approximate surface area is 109 Å². The minimum absolute atomic E-state index is 0.229. The second-order valence-electron chi connectivity index (χ2n) is 4.87. The molecule has 0 saturated heterocycles. The molecule has 0 radical (unpaired) electrons. The van der Waals surface area contributed by atoms with Gasteiger partial charge >= 0.3 is 0 Å². The molecule has 1 N–H and O–H groups in total. The van der Waals surface area contributed by atoms with Crippen molar-refractivity contribution in [3.05, 3.63) is 71.8 Å². The molecule has 0 aliphatic rings. The van der Waals surface area contributed by atoms with E-state index in [1.807, 2.05) is 12.1 Å². The Bertz CT molecular complexity index is 450. The van der Waals surface area contributed by atoms with E-state index in [2.05, 4.69) is 55.5 Å². The number of hydrogen-bond acceptors (Lipinski definition) is 1. The Morgan fingerprint density at radius 3 is 2.00 bits per heavy atom. The van der Waals surface area contributed by atoms with Crippen molar-refractivity contribution in [3.8, 4) is 0 Å². The second kappa shape index (κ2) is 6.36. The summed E-state index contributed by atoms with van der Waals surface area (Å²) in [7, 11) is 0. The average molecular weight is 240 g/mol. The van der Waals surface area contributed by atoms with Gasteiger partial charge < -0.3 is 5.11 Å². The number of rotatable bonds is 5. The second-order valence-corrected chi connectivity index (χ2v) is 4.87. The highest BCUT2D eigenvalue weighted by Gasteiger charge is 2.18. The lowest BCUT2D eigenvalue weighted by atomic mass is 9.83. The van der Waals surface area contributed by atoms with E-state index in [9.17, 15) is 5.11 Å². The summed E-state index contributed by atoms with van der Waals surface area (Å²) in [6, 6.07) is 21.0. The van der Waals surface area contributed by atoms with E-state index in [-0.39, 0.29) is 12.5 Å². The van der Waals surface area contributed by atoms with Crippen LogP contribution in [0.5, 0.6) is 0 Å². The average Bonchev–Trinajstić information content (AvgIpc) is 2.46. The molecule has 18 heavy (non-hydrogen) atoms. The molecule has 1 nitrogen and oxygen atoms in total. The summed E-state index contributed by atoms with van der Waals surface area (Å²) in [5.41, 5.74) is 2.63. The van der Waals surface area contributed by atoms with Crippen LogP contribution < -0.4 is 0 Å². The van der Waals surface area contributed by atoms with Crippen LogP contribution in [0.4, 0.5) is 0 Å². The van der Waals surface area contributed by atoms with Gasteiger partial charge in [0.05, 0.1) is 0 Å². The first kappa shape index (κ1) is 12.8. The Morgan fingerprint density at radius 2 is 1.44 bits per heavy atom. The van der Waals surface area contributed by atoms with Crippen LogP contribution in [0.1, 0.15) is 24.0 Å². The van der Waals surface area contributed by atoms with Crippen molar-refractivity contribution in [2.75, 3.05) is 6.61 Å². The molecular weight excluding hydrogens is 220 g/mol. The molecule has 0 unspecified atom stereocenters. The maximum atomic E-state index is 9.44. The molecule has 2 aromatic rings. The van der Waals surface area contributed by atoms with Gasteiger partial charge in [-0.15, -0.1) is 0 Å². The Balaban J connectivity index is 2.21. The van der Waals surface area contributed by atoms with E-state index < -0.39 is 0 Å². The fraction of sp³-hybridized carbons (Fsp3) is 0.294. The topological polar surface area (TPSA) is 20.2 Å². The van der Waals surface area contributed by atoms with E-state index >= 15 is 0 Å². The quantitative estimate of drug-likeness (QED) is 0.846. The molecule has 0 spiro atoms. The maximum Gasteiger partial charge on any atom is 0.0462 e. The molecule has 0 aliphatic heterocycles. The highest BCUT2D eigenvalue weighted by atomic mass is 16.3. The van der Waals surface area contributed by atoms with Gasteiger partial charge in [0.1, 0.15) is 0 Å². The summed E-state index contributed by atoms with van der Waals surface area (Å²) >= 11 is 0. The highest BCUT2D eigenvalue weighted by Crippen LogP contribution is 2.28. The van der Waals surface area contributed by atoms with Gasteiger partial charge in [0.15, 0.2) is 0 Å². The molecule has 0 amide bonds. The first-order chi connectivity index (χ1) is 8.81. The molecule has 0 saturated carbocycles. The first-order valence-corrected chi connectivity index (χ1v) is 6.51. The minimum Gasteiger partial charge on any atom is -0.396 e. The van der Waals surface area contributed by atoms with Crippen LogP contribution in [0.25, 0.3) is 0 Å². The van der Waals surface area contributed by atoms with Crippen LogP contribution in [0.2, 0.25) is 0 Å². The zero-order valence-corrected chi connectivity index (χ0v) is 10.8. The van der Waals surface area contributed by atoms with Gasteiger partial charge in [-0.2, -0.15) is 0 Å². The van der Waals surface area contributed by atoms with Gasteiger partial charge in [-0.3, -0.25) is 0 Å². The summed E-state index contributed by atoms with van der Waals surface area (Å²) in [6.45, 7) is 2.34. The van der Waals surface area contributed by atoms with E-state index in [0.29, 0.717) is 5.92 Å². The van der Waals surface area contributed by atoms with Gasteiger partial charge in [0, 0.05) is 6.61 Å².